The molecular formula is C12H19NO4. The summed E-state index contributed by atoms with van der Waals surface area (Å²) in [6.07, 6.45) is -0.703. The first-order valence-corrected chi connectivity index (χ1v) is 5.28. The smallest absolute Gasteiger partial charge is 0.131 e. The summed E-state index contributed by atoms with van der Waals surface area (Å²) in [7, 11) is 4.63. The van der Waals surface area contributed by atoms with Gasteiger partial charge in [0.15, 0.2) is 0 Å². The fraction of sp³-hybridized carbons (Fsp3) is 0.500. The third-order valence-corrected chi connectivity index (χ3v) is 2.61. The van der Waals surface area contributed by atoms with E-state index in [0.29, 0.717) is 22.8 Å². The summed E-state index contributed by atoms with van der Waals surface area (Å²) in [5, 5.41) is 9.57. The van der Waals surface area contributed by atoms with Gasteiger partial charge in [0.1, 0.15) is 17.2 Å². The van der Waals surface area contributed by atoms with Crippen molar-refractivity contribution >= 4 is 0 Å². The molecule has 0 aliphatic carbocycles. The maximum Gasteiger partial charge on any atom is 0.131 e. The highest BCUT2D eigenvalue weighted by molar-refractivity contribution is 5.52. The van der Waals surface area contributed by atoms with E-state index in [1.54, 1.807) is 26.2 Å². The second kappa shape index (κ2) is 5.75. The number of aliphatic hydroxyl groups is 1. The molecule has 0 saturated carbocycles. The molecule has 0 fully saturated rings. The molecule has 1 aromatic carbocycles. The normalized spacial score (nSPS) is 14.0. The Morgan fingerprint density at radius 1 is 1.06 bits per heavy atom. The van der Waals surface area contributed by atoms with E-state index >= 15 is 0 Å². The highest BCUT2D eigenvalue weighted by Gasteiger charge is 2.22. The van der Waals surface area contributed by atoms with E-state index in [4.69, 9.17) is 19.9 Å². The van der Waals surface area contributed by atoms with E-state index in [0.717, 1.165) is 0 Å². The van der Waals surface area contributed by atoms with E-state index in [9.17, 15) is 5.11 Å². The van der Waals surface area contributed by atoms with Crippen LogP contribution in [0.15, 0.2) is 12.1 Å². The molecule has 0 heterocycles. The van der Waals surface area contributed by atoms with Crippen molar-refractivity contribution in [3.8, 4) is 17.2 Å². The van der Waals surface area contributed by atoms with Gasteiger partial charge in [-0.25, -0.2) is 0 Å². The lowest BCUT2D eigenvalue weighted by molar-refractivity contribution is 0.161. The Labute approximate surface area is 101 Å². The largest absolute Gasteiger partial charge is 0.496 e. The minimum Gasteiger partial charge on any atom is -0.496 e. The molecule has 1 aromatic rings. The quantitative estimate of drug-likeness (QED) is 0.807. The summed E-state index contributed by atoms with van der Waals surface area (Å²) >= 11 is 0. The SMILES string of the molecule is COc1cc(OC)c([C@H](N)[C@@H](C)O)c(OC)c1. The minimum absolute atomic E-state index is 0.537. The van der Waals surface area contributed by atoms with Crippen molar-refractivity contribution in [3.63, 3.8) is 0 Å². The Bertz CT molecular complexity index is 354. The maximum atomic E-state index is 9.57. The van der Waals surface area contributed by atoms with E-state index in [2.05, 4.69) is 0 Å². The highest BCUT2D eigenvalue weighted by atomic mass is 16.5. The predicted octanol–water partition coefficient (Wildman–Crippen LogP) is 1.09. The Morgan fingerprint density at radius 3 is 1.82 bits per heavy atom. The van der Waals surface area contributed by atoms with Gasteiger partial charge in [-0.15, -0.1) is 0 Å². The zero-order valence-corrected chi connectivity index (χ0v) is 10.6. The lowest BCUT2D eigenvalue weighted by Gasteiger charge is -2.21. The summed E-state index contributed by atoms with van der Waals surface area (Å²) in [6, 6.07) is 2.84. The van der Waals surface area contributed by atoms with Crippen LogP contribution in [0.2, 0.25) is 0 Å². The van der Waals surface area contributed by atoms with Crippen LogP contribution >= 0.6 is 0 Å². The molecule has 0 unspecified atom stereocenters. The van der Waals surface area contributed by atoms with Crippen LogP contribution in [0.4, 0.5) is 0 Å². The van der Waals surface area contributed by atoms with Gasteiger partial charge in [-0.3, -0.25) is 0 Å². The number of benzene rings is 1. The third-order valence-electron chi connectivity index (χ3n) is 2.61. The zero-order valence-electron chi connectivity index (χ0n) is 10.6. The number of hydrogen-bond acceptors (Lipinski definition) is 5. The molecule has 5 heteroatoms. The van der Waals surface area contributed by atoms with E-state index in [-0.39, 0.29) is 0 Å². The fourth-order valence-electron chi connectivity index (χ4n) is 1.60. The first kappa shape index (κ1) is 13.6. The average molecular weight is 241 g/mol. The molecule has 0 bridgehead atoms. The summed E-state index contributed by atoms with van der Waals surface area (Å²) in [4.78, 5) is 0. The second-order valence-electron chi connectivity index (χ2n) is 3.71. The van der Waals surface area contributed by atoms with Crippen molar-refractivity contribution in [2.24, 2.45) is 5.73 Å². The number of rotatable bonds is 5. The van der Waals surface area contributed by atoms with Gasteiger partial charge in [-0.2, -0.15) is 0 Å². The molecule has 0 amide bonds. The van der Waals surface area contributed by atoms with E-state index < -0.39 is 12.1 Å². The van der Waals surface area contributed by atoms with Crippen LogP contribution in [-0.2, 0) is 0 Å². The molecule has 5 nitrogen and oxygen atoms in total. The third kappa shape index (κ3) is 2.81. The first-order chi connectivity index (χ1) is 8.04. The van der Waals surface area contributed by atoms with Crippen LogP contribution in [0.5, 0.6) is 17.2 Å². The van der Waals surface area contributed by atoms with Crippen LogP contribution < -0.4 is 19.9 Å². The fourth-order valence-corrected chi connectivity index (χ4v) is 1.60. The van der Waals surface area contributed by atoms with Crippen molar-refractivity contribution in [1.82, 2.24) is 0 Å². The van der Waals surface area contributed by atoms with Gasteiger partial charge < -0.3 is 25.1 Å². The summed E-state index contributed by atoms with van der Waals surface area (Å²) in [6.45, 7) is 1.62. The molecule has 0 radical (unpaired) electrons. The molecule has 96 valence electrons. The Morgan fingerprint density at radius 2 is 1.53 bits per heavy atom. The lowest BCUT2D eigenvalue weighted by Crippen LogP contribution is -2.24. The standard InChI is InChI=1S/C12H19NO4/c1-7(14)12(13)11-9(16-3)5-8(15-2)6-10(11)17-4/h5-7,12,14H,13H2,1-4H3/t7-,12-/m1/s1. The Hall–Kier alpha value is -1.46. The number of ether oxygens (including phenoxy) is 3. The number of nitrogens with two attached hydrogens (primary N) is 1. The van der Waals surface area contributed by atoms with Gasteiger partial charge in [0.2, 0.25) is 0 Å². The van der Waals surface area contributed by atoms with E-state index in [1.165, 1.54) is 14.2 Å². The zero-order chi connectivity index (χ0) is 13.0. The second-order valence-corrected chi connectivity index (χ2v) is 3.71. The minimum atomic E-state index is -0.703. The van der Waals surface area contributed by atoms with Crippen LogP contribution in [0, 0.1) is 0 Å². The molecule has 3 N–H and O–H groups in total. The monoisotopic (exact) mass is 241 g/mol. The van der Waals surface area contributed by atoms with Crippen LogP contribution in [0.3, 0.4) is 0 Å². The number of hydrogen-bond donors (Lipinski definition) is 2. The van der Waals surface area contributed by atoms with E-state index in [1.807, 2.05) is 0 Å². The van der Waals surface area contributed by atoms with Crippen LogP contribution in [0.25, 0.3) is 0 Å². The number of aliphatic hydroxyl groups excluding tert-OH is 1. The van der Waals surface area contributed by atoms with Crippen molar-refractivity contribution < 1.29 is 19.3 Å². The molecule has 0 spiro atoms. The maximum absolute atomic E-state index is 9.57. The van der Waals surface area contributed by atoms with Gasteiger partial charge in [0.05, 0.1) is 39.0 Å². The van der Waals surface area contributed by atoms with Crippen molar-refractivity contribution in [3.05, 3.63) is 17.7 Å². The van der Waals surface area contributed by atoms with Gasteiger partial charge in [0, 0.05) is 12.1 Å². The molecular weight excluding hydrogens is 222 g/mol. The molecule has 0 aromatic heterocycles. The first-order valence-electron chi connectivity index (χ1n) is 5.28. The molecule has 17 heavy (non-hydrogen) atoms. The molecule has 2 atom stereocenters. The van der Waals surface area contributed by atoms with Crippen molar-refractivity contribution in [2.75, 3.05) is 21.3 Å². The molecule has 0 saturated heterocycles. The summed E-state index contributed by atoms with van der Waals surface area (Å²) < 4.78 is 15.6. The molecule has 0 aliphatic rings. The Kier molecular flexibility index (Phi) is 4.60. The van der Waals surface area contributed by atoms with Gasteiger partial charge in [-0.1, -0.05) is 0 Å². The molecule has 1 rings (SSSR count). The highest BCUT2D eigenvalue weighted by Crippen LogP contribution is 2.38. The van der Waals surface area contributed by atoms with Crippen molar-refractivity contribution in [2.45, 2.75) is 19.1 Å². The Balaban J connectivity index is 3.34. The summed E-state index contributed by atoms with van der Waals surface area (Å²) in [5.41, 5.74) is 6.56. The van der Waals surface area contributed by atoms with Crippen LogP contribution in [0.1, 0.15) is 18.5 Å². The van der Waals surface area contributed by atoms with Crippen LogP contribution in [-0.4, -0.2) is 32.5 Å². The van der Waals surface area contributed by atoms with Gasteiger partial charge >= 0.3 is 0 Å². The topological polar surface area (TPSA) is 73.9 Å². The lowest BCUT2D eigenvalue weighted by atomic mass is 10.0. The van der Waals surface area contributed by atoms with Crippen molar-refractivity contribution in [1.29, 1.82) is 0 Å². The predicted molar refractivity (Wildman–Crippen MR) is 64.7 cm³/mol. The number of methoxy groups -OCH3 is 3. The molecule has 0 aliphatic heterocycles. The van der Waals surface area contributed by atoms with Gasteiger partial charge in [-0.05, 0) is 6.92 Å². The average Bonchev–Trinajstić information content (AvgIpc) is 2.35. The summed E-state index contributed by atoms with van der Waals surface area (Å²) in [5.74, 6) is 1.68. The van der Waals surface area contributed by atoms with Gasteiger partial charge in [0.25, 0.3) is 0 Å².